The van der Waals surface area contributed by atoms with Crippen LogP contribution in [0.4, 0.5) is 0 Å². The van der Waals surface area contributed by atoms with Crippen molar-refractivity contribution in [2.75, 3.05) is 26.7 Å². The highest BCUT2D eigenvalue weighted by molar-refractivity contribution is 6.39. The molecule has 0 unspecified atom stereocenters. The van der Waals surface area contributed by atoms with Crippen molar-refractivity contribution in [1.82, 2.24) is 15.4 Å². The third-order valence-electron chi connectivity index (χ3n) is 4.67. The van der Waals surface area contributed by atoms with Crippen LogP contribution in [-0.4, -0.2) is 42.6 Å². The van der Waals surface area contributed by atoms with E-state index in [0.29, 0.717) is 38.5 Å². The summed E-state index contributed by atoms with van der Waals surface area (Å²) in [6, 6.07) is 5.21. The van der Waals surface area contributed by atoms with Crippen LogP contribution >= 0.6 is 23.2 Å². The lowest BCUT2D eigenvalue weighted by molar-refractivity contribution is 0.0690. The second kappa shape index (κ2) is 7.77. The fourth-order valence-corrected chi connectivity index (χ4v) is 3.88. The van der Waals surface area contributed by atoms with E-state index in [1.54, 1.807) is 25.1 Å². The lowest BCUT2D eigenvalue weighted by atomic mass is 9.96. The molecule has 7 heteroatoms. The Hall–Kier alpha value is -1.56. The van der Waals surface area contributed by atoms with Gasteiger partial charge in [-0.2, -0.15) is 0 Å². The van der Waals surface area contributed by atoms with Crippen LogP contribution < -0.4 is 5.32 Å². The average Bonchev–Trinajstić information content (AvgIpc) is 2.96. The Balaban J connectivity index is 1.89. The van der Waals surface area contributed by atoms with E-state index in [1.807, 2.05) is 11.9 Å². The van der Waals surface area contributed by atoms with Gasteiger partial charge in [-0.05, 0) is 51.4 Å². The van der Waals surface area contributed by atoms with Crippen LogP contribution in [0, 0.1) is 12.8 Å². The molecule has 1 amide bonds. The molecule has 134 valence electrons. The number of aromatic nitrogens is 1. The molecule has 0 bridgehead atoms. The molecule has 1 saturated heterocycles. The van der Waals surface area contributed by atoms with Crippen LogP contribution in [0.5, 0.6) is 0 Å². The predicted octanol–water partition coefficient (Wildman–Crippen LogP) is 4.03. The lowest BCUT2D eigenvalue weighted by Gasteiger charge is -2.32. The number of carbonyl (C=O) groups is 1. The maximum absolute atomic E-state index is 13.1. The molecule has 0 spiro atoms. The van der Waals surface area contributed by atoms with Crippen LogP contribution in [0.25, 0.3) is 11.3 Å². The molecule has 0 aliphatic carbocycles. The van der Waals surface area contributed by atoms with E-state index < -0.39 is 0 Å². The van der Waals surface area contributed by atoms with Crippen LogP contribution in [0.3, 0.4) is 0 Å². The second-order valence-corrected chi connectivity index (χ2v) is 7.17. The molecule has 2 heterocycles. The standard InChI is InChI=1S/C18H21Cl2N3O2/c1-11-15(18(24)23-8-6-12(7-9-23)10-21-2)17(22-25-11)16-13(19)4-3-5-14(16)20/h3-5,12,21H,6-10H2,1-2H3. The van der Waals surface area contributed by atoms with Gasteiger partial charge >= 0.3 is 0 Å². The Morgan fingerprint density at radius 1 is 1.32 bits per heavy atom. The molecule has 5 nitrogen and oxygen atoms in total. The first-order chi connectivity index (χ1) is 12.0. The molecule has 1 aromatic carbocycles. The molecular formula is C18H21Cl2N3O2. The van der Waals surface area contributed by atoms with Crippen molar-refractivity contribution in [3.8, 4) is 11.3 Å². The van der Waals surface area contributed by atoms with Gasteiger partial charge in [0.05, 0.1) is 10.0 Å². The lowest BCUT2D eigenvalue weighted by Crippen LogP contribution is -2.40. The number of hydrogen-bond acceptors (Lipinski definition) is 4. The van der Waals surface area contributed by atoms with Crippen molar-refractivity contribution >= 4 is 29.1 Å². The quantitative estimate of drug-likeness (QED) is 0.868. The molecule has 25 heavy (non-hydrogen) atoms. The first-order valence-electron chi connectivity index (χ1n) is 8.37. The smallest absolute Gasteiger partial charge is 0.259 e. The summed E-state index contributed by atoms with van der Waals surface area (Å²) in [5, 5.41) is 8.16. The molecule has 2 aromatic rings. The van der Waals surface area contributed by atoms with E-state index in [4.69, 9.17) is 27.7 Å². The van der Waals surface area contributed by atoms with Crippen LogP contribution in [-0.2, 0) is 0 Å². The van der Waals surface area contributed by atoms with E-state index in [1.165, 1.54) is 0 Å². The van der Waals surface area contributed by atoms with E-state index in [2.05, 4.69) is 10.5 Å². The zero-order valence-corrected chi connectivity index (χ0v) is 15.8. The summed E-state index contributed by atoms with van der Waals surface area (Å²) >= 11 is 12.6. The topological polar surface area (TPSA) is 58.4 Å². The number of hydrogen-bond donors (Lipinski definition) is 1. The van der Waals surface area contributed by atoms with Gasteiger partial charge < -0.3 is 14.7 Å². The third kappa shape index (κ3) is 3.68. The number of rotatable bonds is 4. The van der Waals surface area contributed by atoms with E-state index in [9.17, 15) is 4.79 Å². The second-order valence-electron chi connectivity index (χ2n) is 6.35. The van der Waals surface area contributed by atoms with Crippen LogP contribution in [0.1, 0.15) is 29.0 Å². The molecule has 1 fully saturated rings. The number of halogens is 2. The van der Waals surface area contributed by atoms with E-state index >= 15 is 0 Å². The number of nitrogens with one attached hydrogen (secondary N) is 1. The summed E-state index contributed by atoms with van der Waals surface area (Å²) in [7, 11) is 1.96. The minimum absolute atomic E-state index is 0.0763. The summed E-state index contributed by atoms with van der Waals surface area (Å²) in [6.07, 6.45) is 1.97. The minimum atomic E-state index is -0.0763. The molecule has 1 aliphatic heterocycles. The minimum Gasteiger partial charge on any atom is -0.360 e. The van der Waals surface area contributed by atoms with E-state index in [0.717, 1.165) is 32.5 Å². The zero-order chi connectivity index (χ0) is 18.0. The van der Waals surface area contributed by atoms with Crippen molar-refractivity contribution in [1.29, 1.82) is 0 Å². The molecular weight excluding hydrogens is 361 g/mol. The number of nitrogens with zero attached hydrogens (tertiary/aromatic N) is 2. The van der Waals surface area contributed by atoms with Crippen molar-refractivity contribution in [2.45, 2.75) is 19.8 Å². The SMILES string of the molecule is CNCC1CCN(C(=O)c2c(-c3c(Cl)cccc3Cl)noc2C)CC1. The summed E-state index contributed by atoms with van der Waals surface area (Å²) in [5.41, 5.74) is 1.40. The average molecular weight is 382 g/mol. The van der Waals surface area contributed by atoms with Crippen molar-refractivity contribution in [3.05, 3.63) is 39.6 Å². The fraction of sp³-hybridized carbons (Fsp3) is 0.444. The Kier molecular flexibility index (Phi) is 5.67. The Morgan fingerprint density at radius 3 is 2.56 bits per heavy atom. The first kappa shape index (κ1) is 18.2. The number of piperidine rings is 1. The molecule has 0 saturated carbocycles. The van der Waals surface area contributed by atoms with Gasteiger partial charge in [0, 0.05) is 18.7 Å². The Morgan fingerprint density at radius 2 is 1.96 bits per heavy atom. The van der Waals surface area contributed by atoms with Gasteiger partial charge in [-0.3, -0.25) is 4.79 Å². The van der Waals surface area contributed by atoms with Gasteiger partial charge in [-0.15, -0.1) is 0 Å². The number of benzene rings is 1. The number of aryl methyl sites for hydroxylation is 1. The summed E-state index contributed by atoms with van der Waals surface area (Å²) in [4.78, 5) is 14.9. The van der Waals surface area contributed by atoms with E-state index in [-0.39, 0.29) is 5.91 Å². The van der Waals surface area contributed by atoms with Gasteiger partial charge in [0.1, 0.15) is 17.0 Å². The molecule has 1 aromatic heterocycles. The van der Waals surface area contributed by atoms with Gasteiger partial charge in [0.25, 0.3) is 5.91 Å². The summed E-state index contributed by atoms with van der Waals surface area (Å²) in [5.74, 6) is 1.01. The first-order valence-corrected chi connectivity index (χ1v) is 9.13. The van der Waals surface area contributed by atoms with Crippen molar-refractivity contribution in [3.63, 3.8) is 0 Å². The zero-order valence-electron chi connectivity index (χ0n) is 14.3. The Labute approximate surface area is 157 Å². The van der Waals surface area contributed by atoms with Gasteiger partial charge in [-0.25, -0.2) is 0 Å². The monoisotopic (exact) mass is 381 g/mol. The number of amides is 1. The summed E-state index contributed by atoms with van der Waals surface area (Å²) < 4.78 is 5.31. The van der Waals surface area contributed by atoms with Gasteiger partial charge in [0.15, 0.2) is 0 Å². The predicted molar refractivity (Wildman–Crippen MR) is 99.3 cm³/mol. The van der Waals surface area contributed by atoms with Gasteiger partial charge in [0.2, 0.25) is 0 Å². The van der Waals surface area contributed by atoms with Crippen molar-refractivity contribution in [2.24, 2.45) is 5.92 Å². The Bertz CT molecular complexity index is 747. The number of likely N-dealkylation sites (tertiary alicyclic amines) is 1. The molecule has 0 atom stereocenters. The fourth-order valence-electron chi connectivity index (χ4n) is 3.31. The van der Waals surface area contributed by atoms with Crippen LogP contribution in [0.15, 0.2) is 22.7 Å². The maximum Gasteiger partial charge on any atom is 0.259 e. The molecule has 0 radical (unpaired) electrons. The highest BCUT2D eigenvalue weighted by atomic mass is 35.5. The normalized spacial score (nSPS) is 15.6. The maximum atomic E-state index is 13.1. The number of carbonyl (C=O) groups excluding carboxylic acids is 1. The summed E-state index contributed by atoms with van der Waals surface area (Å²) in [6.45, 7) is 4.17. The van der Waals surface area contributed by atoms with Gasteiger partial charge in [-0.1, -0.05) is 34.4 Å². The third-order valence-corrected chi connectivity index (χ3v) is 5.30. The van der Waals surface area contributed by atoms with Crippen LogP contribution in [0.2, 0.25) is 10.0 Å². The molecule has 3 rings (SSSR count). The molecule has 1 aliphatic rings. The highest BCUT2D eigenvalue weighted by Gasteiger charge is 2.30. The van der Waals surface area contributed by atoms with Crippen molar-refractivity contribution < 1.29 is 9.32 Å². The largest absolute Gasteiger partial charge is 0.360 e. The highest BCUT2D eigenvalue weighted by Crippen LogP contribution is 2.37. The molecule has 1 N–H and O–H groups in total.